The van der Waals surface area contributed by atoms with Gasteiger partial charge in [-0.25, -0.2) is 9.18 Å². The Morgan fingerprint density at radius 2 is 2.05 bits per heavy atom. The molecular formula is C17H17FN2O. The van der Waals surface area contributed by atoms with Gasteiger partial charge in [0.15, 0.2) is 0 Å². The molecule has 2 amide bonds. The quantitative estimate of drug-likeness (QED) is 0.861. The molecule has 0 aliphatic heterocycles. The molecule has 21 heavy (non-hydrogen) atoms. The molecule has 0 fully saturated rings. The number of benzene rings is 2. The minimum absolute atomic E-state index is 0.00490. The minimum atomic E-state index is -0.419. The fraction of sp³-hybridized carbons (Fsp3) is 0.235. The van der Waals surface area contributed by atoms with Gasteiger partial charge in [0.2, 0.25) is 0 Å². The number of hydrogen-bond donors (Lipinski definition) is 2. The average Bonchev–Trinajstić information content (AvgIpc) is 2.85. The van der Waals surface area contributed by atoms with Gasteiger partial charge in [-0.2, -0.15) is 0 Å². The van der Waals surface area contributed by atoms with E-state index in [1.165, 1.54) is 11.6 Å². The van der Waals surface area contributed by atoms with Crippen LogP contribution < -0.4 is 10.6 Å². The lowest BCUT2D eigenvalue weighted by atomic mass is 10.1. The van der Waals surface area contributed by atoms with Gasteiger partial charge in [-0.3, -0.25) is 0 Å². The van der Waals surface area contributed by atoms with Gasteiger partial charge in [-0.1, -0.05) is 30.3 Å². The zero-order chi connectivity index (χ0) is 14.8. The fourth-order valence-corrected chi connectivity index (χ4v) is 2.75. The zero-order valence-corrected chi connectivity index (χ0v) is 11.8. The molecule has 1 atom stereocenters. The van der Waals surface area contributed by atoms with E-state index in [1.54, 1.807) is 12.1 Å². The van der Waals surface area contributed by atoms with Crippen molar-refractivity contribution in [2.75, 3.05) is 5.32 Å². The van der Waals surface area contributed by atoms with Crippen LogP contribution in [0.2, 0.25) is 0 Å². The summed E-state index contributed by atoms with van der Waals surface area (Å²) in [6, 6.07) is 12.4. The topological polar surface area (TPSA) is 41.1 Å². The summed E-state index contributed by atoms with van der Waals surface area (Å²) in [4.78, 5) is 12.0. The van der Waals surface area contributed by atoms with Crippen LogP contribution >= 0.6 is 0 Å². The van der Waals surface area contributed by atoms with E-state index in [4.69, 9.17) is 0 Å². The monoisotopic (exact) mass is 284 g/mol. The van der Waals surface area contributed by atoms with Gasteiger partial charge in [-0.05, 0) is 48.6 Å². The van der Waals surface area contributed by atoms with E-state index < -0.39 is 5.82 Å². The molecule has 0 bridgehead atoms. The number of hydrogen-bond acceptors (Lipinski definition) is 1. The lowest BCUT2D eigenvalue weighted by molar-refractivity contribution is 0.248. The van der Waals surface area contributed by atoms with E-state index in [1.807, 2.05) is 25.1 Å². The first kappa shape index (κ1) is 13.6. The Balaban J connectivity index is 1.68. The number of halogens is 1. The fourth-order valence-electron chi connectivity index (χ4n) is 2.75. The van der Waals surface area contributed by atoms with Crippen molar-refractivity contribution in [2.24, 2.45) is 0 Å². The smallest absolute Gasteiger partial charge is 0.319 e. The van der Waals surface area contributed by atoms with Crippen molar-refractivity contribution in [3.63, 3.8) is 0 Å². The number of amides is 2. The molecule has 0 radical (unpaired) electrons. The SMILES string of the molecule is Cc1ccc(NC(=O)NC2CCc3ccccc32)c(F)c1. The van der Waals surface area contributed by atoms with E-state index >= 15 is 0 Å². The van der Waals surface area contributed by atoms with Crippen LogP contribution in [-0.4, -0.2) is 6.03 Å². The van der Waals surface area contributed by atoms with Crippen molar-refractivity contribution < 1.29 is 9.18 Å². The second-order valence-corrected chi connectivity index (χ2v) is 5.37. The molecule has 108 valence electrons. The maximum absolute atomic E-state index is 13.7. The van der Waals surface area contributed by atoms with Crippen LogP contribution in [0, 0.1) is 12.7 Å². The highest BCUT2D eigenvalue weighted by atomic mass is 19.1. The lowest BCUT2D eigenvalue weighted by Crippen LogP contribution is -2.31. The van der Waals surface area contributed by atoms with Gasteiger partial charge >= 0.3 is 6.03 Å². The standard InChI is InChI=1S/C17H17FN2O/c1-11-6-8-16(14(18)10-11)20-17(21)19-15-9-7-12-4-2-3-5-13(12)15/h2-6,8,10,15H,7,9H2,1H3,(H2,19,20,21). The number of urea groups is 1. The molecule has 0 heterocycles. The molecule has 3 nitrogen and oxygen atoms in total. The van der Waals surface area contributed by atoms with E-state index in [0.29, 0.717) is 0 Å². The molecule has 0 saturated carbocycles. The summed E-state index contributed by atoms with van der Waals surface area (Å²) in [6.07, 6.45) is 1.84. The second-order valence-electron chi connectivity index (χ2n) is 5.37. The summed E-state index contributed by atoms with van der Waals surface area (Å²) in [7, 11) is 0. The number of aryl methyl sites for hydroxylation is 2. The summed E-state index contributed by atoms with van der Waals surface area (Å²) in [5, 5.41) is 5.48. The Kier molecular flexibility index (Phi) is 3.60. The van der Waals surface area contributed by atoms with Gasteiger partial charge in [0.1, 0.15) is 5.82 Å². The van der Waals surface area contributed by atoms with Crippen LogP contribution in [-0.2, 0) is 6.42 Å². The van der Waals surface area contributed by atoms with Crippen molar-refractivity contribution in [3.05, 3.63) is 65.0 Å². The van der Waals surface area contributed by atoms with Crippen molar-refractivity contribution in [3.8, 4) is 0 Å². The first-order chi connectivity index (χ1) is 10.1. The maximum Gasteiger partial charge on any atom is 0.319 e. The molecular weight excluding hydrogens is 267 g/mol. The van der Waals surface area contributed by atoms with Gasteiger partial charge < -0.3 is 10.6 Å². The van der Waals surface area contributed by atoms with Gasteiger partial charge in [-0.15, -0.1) is 0 Å². The number of nitrogens with one attached hydrogen (secondary N) is 2. The van der Waals surface area contributed by atoms with Gasteiger partial charge in [0.25, 0.3) is 0 Å². The first-order valence-corrected chi connectivity index (χ1v) is 7.05. The molecule has 1 aliphatic carbocycles. The van der Waals surface area contributed by atoms with Crippen LogP contribution in [0.1, 0.15) is 29.2 Å². The normalized spacial score (nSPS) is 16.4. The predicted molar refractivity (Wildman–Crippen MR) is 80.8 cm³/mol. The van der Waals surface area contributed by atoms with Crippen LogP contribution in [0.25, 0.3) is 0 Å². The number of carbonyl (C=O) groups excluding carboxylic acids is 1. The molecule has 0 aromatic heterocycles. The largest absolute Gasteiger partial charge is 0.331 e. The number of carbonyl (C=O) groups is 1. The summed E-state index contributed by atoms with van der Waals surface area (Å²) >= 11 is 0. The second kappa shape index (κ2) is 5.56. The number of fused-ring (bicyclic) bond motifs is 1. The predicted octanol–water partition coefficient (Wildman–Crippen LogP) is 3.94. The molecule has 0 saturated heterocycles. The van der Waals surface area contributed by atoms with E-state index in [-0.39, 0.29) is 17.8 Å². The molecule has 4 heteroatoms. The molecule has 2 aromatic rings. The third-order valence-corrected chi connectivity index (χ3v) is 3.81. The Morgan fingerprint density at radius 3 is 2.86 bits per heavy atom. The van der Waals surface area contributed by atoms with Crippen molar-refractivity contribution in [1.82, 2.24) is 5.32 Å². The van der Waals surface area contributed by atoms with Crippen molar-refractivity contribution in [1.29, 1.82) is 0 Å². The van der Waals surface area contributed by atoms with Gasteiger partial charge in [0.05, 0.1) is 11.7 Å². The van der Waals surface area contributed by atoms with Crippen molar-refractivity contribution in [2.45, 2.75) is 25.8 Å². The Morgan fingerprint density at radius 1 is 1.24 bits per heavy atom. The Hall–Kier alpha value is -2.36. The first-order valence-electron chi connectivity index (χ1n) is 7.05. The van der Waals surface area contributed by atoms with Crippen LogP contribution in [0.15, 0.2) is 42.5 Å². The summed E-state index contributed by atoms with van der Waals surface area (Å²) in [6.45, 7) is 1.81. The molecule has 0 spiro atoms. The van der Waals surface area contributed by atoms with E-state index in [9.17, 15) is 9.18 Å². The molecule has 2 N–H and O–H groups in total. The summed E-state index contributed by atoms with van der Waals surface area (Å²) < 4.78 is 13.7. The highest BCUT2D eigenvalue weighted by molar-refractivity contribution is 5.89. The average molecular weight is 284 g/mol. The van der Waals surface area contributed by atoms with Crippen molar-refractivity contribution >= 4 is 11.7 Å². The third kappa shape index (κ3) is 2.89. The zero-order valence-electron chi connectivity index (χ0n) is 11.8. The molecule has 3 rings (SSSR count). The molecule has 1 aliphatic rings. The summed E-state index contributed by atoms with van der Waals surface area (Å²) in [5.74, 6) is -0.419. The van der Waals surface area contributed by atoms with Gasteiger partial charge in [0, 0.05) is 0 Å². The highest BCUT2D eigenvalue weighted by Gasteiger charge is 2.23. The van der Waals surface area contributed by atoms with Crippen LogP contribution in [0.5, 0.6) is 0 Å². The molecule has 1 unspecified atom stereocenters. The molecule has 2 aromatic carbocycles. The lowest BCUT2D eigenvalue weighted by Gasteiger charge is -2.15. The minimum Gasteiger partial charge on any atom is -0.331 e. The third-order valence-electron chi connectivity index (χ3n) is 3.81. The maximum atomic E-state index is 13.7. The van der Waals surface area contributed by atoms with Crippen LogP contribution in [0.4, 0.5) is 14.9 Å². The Bertz CT molecular complexity index is 684. The van der Waals surface area contributed by atoms with E-state index in [2.05, 4.69) is 16.7 Å². The summed E-state index contributed by atoms with van der Waals surface area (Å²) in [5.41, 5.74) is 3.44. The highest BCUT2D eigenvalue weighted by Crippen LogP contribution is 2.30. The van der Waals surface area contributed by atoms with E-state index in [0.717, 1.165) is 24.0 Å². The number of anilines is 1. The number of rotatable bonds is 2. The van der Waals surface area contributed by atoms with Crippen LogP contribution in [0.3, 0.4) is 0 Å². The Labute approximate surface area is 123 Å².